The number of hydrogen-bond acceptors (Lipinski definition) is 3. The first kappa shape index (κ1) is 18.7. The Hall–Kier alpha value is -3.12. The van der Waals surface area contributed by atoms with Gasteiger partial charge < -0.3 is 10.3 Å². The molecule has 6 nitrogen and oxygen atoms in total. The minimum absolute atomic E-state index is 0.279. The SMILES string of the molecule is Cc1ccccc1NC(=NCCc1cnc[nH]1)NC(=O)c1cccc(Cl)c1. The molecule has 3 rings (SSSR count). The molecule has 0 saturated heterocycles. The molecular weight excluding hydrogens is 362 g/mol. The third-order valence-corrected chi connectivity index (χ3v) is 4.16. The summed E-state index contributed by atoms with van der Waals surface area (Å²) in [7, 11) is 0. The van der Waals surface area contributed by atoms with Gasteiger partial charge in [-0.1, -0.05) is 35.9 Å². The Bertz CT molecular complexity index is 937. The molecule has 7 heteroatoms. The lowest BCUT2D eigenvalue weighted by Crippen LogP contribution is -2.36. The minimum Gasteiger partial charge on any atom is -0.348 e. The number of halogens is 1. The van der Waals surface area contributed by atoms with Crippen LogP contribution in [0.15, 0.2) is 66.0 Å². The van der Waals surface area contributed by atoms with E-state index in [1.807, 2.05) is 31.2 Å². The van der Waals surface area contributed by atoms with Crippen LogP contribution < -0.4 is 10.6 Å². The van der Waals surface area contributed by atoms with Crippen molar-refractivity contribution in [3.8, 4) is 0 Å². The lowest BCUT2D eigenvalue weighted by molar-refractivity contribution is 0.0977. The van der Waals surface area contributed by atoms with Crippen molar-refractivity contribution >= 4 is 29.2 Å². The first-order valence-electron chi connectivity index (χ1n) is 8.53. The Balaban J connectivity index is 1.75. The maximum absolute atomic E-state index is 12.6. The summed E-state index contributed by atoms with van der Waals surface area (Å²) < 4.78 is 0. The summed E-state index contributed by atoms with van der Waals surface area (Å²) in [6.07, 6.45) is 4.08. The lowest BCUT2D eigenvalue weighted by atomic mass is 10.2. The van der Waals surface area contributed by atoms with Crippen molar-refractivity contribution in [2.24, 2.45) is 4.99 Å². The van der Waals surface area contributed by atoms with Crippen molar-refractivity contribution in [1.82, 2.24) is 15.3 Å². The van der Waals surface area contributed by atoms with Crippen LogP contribution in [-0.2, 0) is 6.42 Å². The number of para-hydroxylation sites is 1. The summed E-state index contributed by atoms with van der Waals surface area (Å²) in [4.78, 5) is 24.1. The van der Waals surface area contributed by atoms with Gasteiger partial charge in [-0.3, -0.25) is 15.1 Å². The molecule has 0 spiro atoms. The minimum atomic E-state index is -0.279. The van der Waals surface area contributed by atoms with Gasteiger partial charge in [0.1, 0.15) is 0 Å². The molecule has 1 amide bonds. The Labute approximate surface area is 162 Å². The highest BCUT2D eigenvalue weighted by Crippen LogP contribution is 2.14. The highest BCUT2D eigenvalue weighted by atomic mass is 35.5. The number of amides is 1. The largest absolute Gasteiger partial charge is 0.348 e. The number of aromatic nitrogens is 2. The number of hydrogen-bond donors (Lipinski definition) is 3. The van der Waals surface area contributed by atoms with E-state index >= 15 is 0 Å². The standard InChI is InChI=1S/C20H20ClN5O/c1-14-5-2-3-8-18(14)25-20(23-10-9-17-12-22-13-24-17)26-19(27)15-6-4-7-16(21)11-15/h2-8,11-13H,9-10H2,1H3,(H,22,24)(H2,23,25,26,27). The van der Waals surface area contributed by atoms with Crippen molar-refractivity contribution in [3.63, 3.8) is 0 Å². The normalized spacial score (nSPS) is 11.3. The van der Waals surface area contributed by atoms with E-state index in [9.17, 15) is 4.79 Å². The van der Waals surface area contributed by atoms with Gasteiger partial charge in [-0.2, -0.15) is 0 Å². The van der Waals surface area contributed by atoms with E-state index in [-0.39, 0.29) is 5.91 Å². The van der Waals surface area contributed by atoms with Crippen LogP contribution in [-0.4, -0.2) is 28.4 Å². The fourth-order valence-corrected chi connectivity index (χ4v) is 2.66. The molecule has 0 radical (unpaired) electrons. The van der Waals surface area contributed by atoms with Crippen LogP contribution in [0.1, 0.15) is 21.6 Å². The monoisotopic (exact) mass is 381 g/mol. The van der Waals surface area contributed by atoms with Crippen LogP contribution in [0.5, 0.6) is 0 Å². The first-order chi connectivity index (χ1) is 13.1. The second kappa shape index (κ2) is 9.00. The van der Waals surface area contributed by atoms with Crippen molar-refractivity contribution in [1.29, 1.82) is 0 Å². The number of nitrogens with zero attached hydrogens (tertiary/aromatic N) is 2. The highest BCUT2D eigenvalue weighted by Gasteiger charge is 2.10. The number of carbonyl (C=O) groups is 1. The topological polar surface area (TPSA) is 82.2 Å². The predicted octanol–water partition coefficient (Wildman–Crippen LogP) is 3.81. The number of H-pyrrole nitrogens is 1. The smallest absolute Gasteiger partial charge is 0.258 e. The van der Waals surface area contributed by atoms with Gasteiger partial charge in [0.15, 0.2) is 0 Å². The number of carbonyl (C=O) groups excluding carboxylic acids is 1. The zero-order chi connectivity index (χ0) is 19.1. The zero-order valence-corrected chi connectivity index (χ0v) is 15.6. The number of imidazole rings is 1. The van der Waals surface area contributed by atoms with E-state index in [0.29, 0.717) is 29.5 Å². The highest BCUT2D eigenvalue weighted by molar-refractivity contribution is 6.31. The van der Waals surface area contributed by atoms with E-state index in [4.69, 9.17) is 11.6 Å². The Morgan fingerprint density at radius 2 is 2.07 bits per heavy atom. The predicted molar refractivity (Wildman–Crippen MR) is 108 cm³/mol. The van der Waals surface area contributed by atoms with Crippen molar-refractivity contribution in [2.75, 3.05) is 11.9 Å². The molecule has 0 aliphatic heterocycles. The fourth-order valence-electron chi connectivity index (χ4n) is 2.47. The van der Waals surface area contributed by atoms with Gasteiger partial charge in [0.2, 0.25) is 5.96 Å². The van der Waals surface area contributed by atoms with E-state index in [1.165, 1.54) is 0 Å². The first-order valence-corrected chi connectivity index (χ1v) is 8.91. The Morgan fingerprint density at radius 1 is 1.22 bits per heavy atom. The average molecular weight is 382 g/mol. The number of rotatable bonds is 5. The number of anilines is 1. The molecule has 0 saturated carbocycles. The molecule has 1 aromatic heterocycles. The zero-order valence-electron chi connectivity index (χ0n) is 14.9. The molecule has 0 atom stereocenters. The number of aryl methyl sites for hydroxylation is 1. The third-order valence-electron chi connectivity index (χ3n) is 3.92. The molecule has 1 heterocycles. The van der Waals surface area contributed by atoms with Crippen LogP contribution in [0, 0.1) is 6.92 Å². The summed E-state index contributed by atoms with van der Waals surface area (Å²) in [5.74, 6) is 0.104. The summed E-state index contributed by atoms with van der Waals surface area (Å²) in [5, 5.41) is 6.54. The quantitative estimate of drug-likeness (QED) is 0.464. The van der Waals surface area contributed by atoms with Crippen molar-refractivity contribution in [3.05, 3.63) is 82.9 Å². The van der Waals surface area contributed by atoms with Crippen LogP contribution in [0.2, 0.25) is 5.02 Å². The fraction of sp³-hybridized carbons (Fsp3) is 0.150. The van der Waals surface area contributed by atoms with Gasteiger partial charge in [-0.05, 0) is 36.8 Å². The molecule has 3 N–H and O–H groups in total. The van der Waals surface area contributed by atoms with Gasteiger partial charge in [0, 0.05) is 41.1 Å². The second-order valence-electron chi connectivity index (χ2n) is 5.96. The number of nitrogens with one attached hydrogen (secondary N) is 3. The number of guanidine groups is 1. The van der Waals surface area contributed by atoms with Gasteiger partial charge in [0.25, 0.3) is 5.91 Å². The molecule has 2 aromatic carbocycles. The molecule has 3 aromatic rings. The van der Waals surface area contributed by atoms with Gasteiger partial charge in [-0.25, -0.2) is 4.98 Å². The van der Waals surface area contributed by atoms with E-state index < -0.39 is 0 Å². The number of benzene rings is 2. The second-order valence-corrected chi connectivity index (χ2v) is 6.40. The van der Waals surface area contributed by atoms with Crippen LogP contribution in [0.4, 0.5) is 5.69 Å². The number of aliphatic imine (C=N–C) groups is 1. The van der Waals surface area contributed by atoms with Crippen molar-refractivity contribution in [2.45, 2.75) is 13.3 Å². The summed E-state index contributed by atoms with van der Waals surface area (Å²) in [6.45, 7) is 2.48. The third kappa shape index (κ3) is 5.43. The summed E-state index contributed by atoms with van der Waals surface area (Å²) in [6, 6.07) is 14.6. The Kier molecular flexibility index (Phi) is 6.22. The maximum Gasteiger partial charge on any atom is 0.258 e. The average Bonchev–Trinajstić information content (AvgIpc) is 3.17. The molecule has 0 bridgehead atoms. The summed E-state index contributed by atoms with van der Waals surface area (Å²) >= 11 is 5.98. The van der Waals surface area contributed by atoms with E-state index in [0.717, 1.165) is 16.9 Å². The number of aromatic amines is 1. The van der Waals surface area contributed by atoms with E-state index in [2.05, 4.69) is 25.6 Å². The molecule has 0 aliphatic rings. The lowest BCUT2D eigenvalue weighted by Gasteiger charge is -2.13. The molecular formula is C20H20ClN5O. The molecule has 27 heavy (non-hydrogen) atoms. The van der Waals surface area contributed by atoms with Gasteiger partial charge in [-0.15, -0.1) is 0 Å². The van der Waals surface area contributed by atoms with Gasteiger partial charge >= 0.3 is 0 Å². The van der Waals surface area contributed by atoms with Gasteiger partial charge in [0.05, 0.1) is 6.33 Å². The molecule has 0 unspecified atom stereocenters. The summed E-state index contributed by atoms with van der Waals surface area (Å²) in [5.41, 5.74) is 3.38. The van der Waals surface area contributed by atoms with Crippen LogP contribution in [0.25, 0.3) is 0 Å². The van der Waals surface area contributed by atoms with Crippen LogP contribution in [0.3, 0.4) is 0 Å². The van der Waals surface area contributed by atoms with Crippen LogP contribution >= 0.6 is 11.6 Å². The maximum atomic E-state index is 12.6. The van der Waals surface area contributed by atoms with E-state index in [1.54, 1.807) is 36.8 Å². The molecule has 138 valence electrons. The van der Waals surface area contributed by atoms with Crippen molar-refractivity contribution < 1.29 is 4.79 Å². The molecule has 0 aliphatic carbocycles. The molecule has 0 fully saturated rings. The Morgan fingerprint density at radius 3 is 2.81 bits per heavy atom.